The maximum absolute atomic E-state index is 14.8. The van der Waals surface area contributed by atoms with Crippen LogP contribution in [0.5, 0.6) is 0 Å². The lowest BCUT2D eigenvalue weighted by atomic mass is 10.0. The monoisotopic (exact) mass is 496 g/mol. The quantitative estimate of drug-likeness (QED) is 0.458. The molecule has 2 fully saturated rings. The zero-order chi connectivity index (χ0) is 25.4. The van der Waals surface area contributed by atoms with Gasteiger partial charge < -0.3 is 21.1 Å². The first-order chi connectivity index (χ1) is 17.2. The molecule has 2 aliphatic rings. The first-order valence-electron chi connectivity index (χ1n) is 11.6. The summed E-state index contributed by atoms with van der Waals surface area (Å²) in [6, 6.07) is 7.28. The minimum absolute atomic E-state index is 0.0187. The molecule has 1 unspecified atom stereocenters. The van der Waals surface area contributed by atoms with Crippen molar-refractivity contribution in [2.24, 2.45) is 17.8 Å². The van der Waals surface area contributed by atoms with E-state index in [9.17, 15) is 18.7 Å². The van der Waals surface area contributed by atoms with E-state index in [1.54, 1.807) is 35.0 Å². The van der Waals surface area contributed by atoms with Crippen LogP contribution in [0.1, 0.15) is 53.0 Å². The number of piperidine rings is 1. The lowest BCUT2D eigenvalue weighted by Crippen LogP contribution is -2.48. The van der Waals surface area contributed by atoms with Crippen molar-refractivity contribution < 1.29 is 18.7 Å². The van der Waals surface area contributed by atoms with Crippen LogP contribution >= 0.6 is 0 Å². The fraction of sp³-hybridized carbons (Fsp3) is 0.375. The van der Waals surface area contributed by atoms with Crippen LogP contribution in [-0.2, 0) is 7.05 Å². The molecule has 5 rings (SSSR count). The molecule has 1 aliphatic carbocycles. The van der Waals surface area contributed by atoms with Gasteiger partial charge >= 0.3 is 0 Å². The SMILES string of the molecule is Cn1cc(Nc2nc(N3CCC(F)(F)C(=NC(O)c4ccc(C5CC5)cc4)C3)cnc2C(N)=O)cn1. The molecule has 3 aromatic rings. The van der Waals surface area contributed by atoms with E-state index in [0.29, 0.717) is 17.2 Å². The van der Waals surface area contributed by atoms with Gasteiger partial charge in [0.05, 0.1) is 24.6 Å². The zero-order valence-electron chi connectivity index (χ0n) is 19.6. The van der Waals surface area contributed by atoms with Crippen LogP contribution in [0.2, 0.25) is 0 Å². The third-order valence-electron chi connectivity index (χ3n) is 6.30. The highest BCUT2D eigenvalue weighted by atomic mass is 19.3. The zero-order valence-corrected chi connectivity index (χ0v) is 19.6. The van der Waals surface area contributed by atoms with Crippen molar-refractivity contribution in [2.75, 3.05) is 23.3 Å². The number of carbonyl (C=O) groups is 1. The van der Waals surface area contributed by atoms with E-state index in [-0.39, 0.29) is 30.4 Å². The largest absolute Gasteiger partial charge is 0.368 e. The molecule has 1 saturated heterocycles. The number of rotatable bonds is 7. The molecule has 1 aliphatic heterocycles. The minimum Gasteiger partial charge on any atom is -0.368 e. The number of benzene rings is 1. The summed E-state index contributed by atoms with van der Waals surface area (Å²) >= 11 is 0. The number of anilines is 3. The normalized spacial score (nSPS) is 19.3. The van der Waals surface area contributed by atoms with Gasteiger partial charge in [-0.05, 0) is 24.3 Å². The molecular formula is C24H26F2N8O2. The van der Waals surface area contributed by atoms with Gasteiger partial charge in [0.25, 0.3) is 11.8 Å². The third kappa shape index (κ3) is 5.03. The Balaban J connectivity index is 1.39. The average molecular weight is 497 g/mol. The smallest absolute Gasteiger partial charge is 0.289 e. The predicted molar refractivity (Wildman–Crippen MR) is 130 cm³/mol. The number of amides is 1. The van der Waals surface area contributed by atoms with E-state index in [1.165, 1.54) is 18.0 Å². The van der Waals surface area contributed by atoms with Crippen LogP contribution in [0.25, 0.3) is 0 Å². The van der Waals surface area contributed by atoms with Gasteiger partial charge in [0.2, 0.25) is 0 Å². The number of primary amides is 1. The van der Waals surface area contributed by atoms with E-state index < -0.39 is 30.2 Å². The van der Waals surface area contributed by atoms with Crippen LogP contribution in [-0.4, -0.2) is 55.5 Å². The molecule has 1 aromatic carbocycles. The van der Waals surface area contributed by atoms with Crippen LogP contribution in [0.15, 0.2) is 47.8 Å². The molecule has 0 spiro atoms. The number of nitrogens with zero attached hydrogens (tertiary/aromatic N) is 6. The molecule has 2 aromatic heterocycles. The summed E-state index contributed by atoms with van der Waals surface area (Å²) in [6.45, 7) is -0.281. The van der Waals surface area contributed by atoms with Gasteiger partial charge in [0.15, 0.2) is 17.7 Å². The van der Waals surface area contributed by atoms with Crippen LogP contribution in [0, 0.1) is 0 Å². The maximum atomic E-state index is 14.8. The third-order valence-corrected chi connectivity index (χ3v) is 6.30. The van der Waals surface area contributed by atoms with Gasteiger partial charge in [-0.15, -0.1) is 0 Å². The molecule has 1 amide bonds. The number of aliphatic imine (C=N–C) groups is 1. The average Bonchev–Trinajstić information content (AvgIpc) is 3.62. The molecule has 3 heterocycles. The first kappa shape index (κ1) is 23.8. The minimum atomic E-state index is -3.18. The van der Waals surface area contributed by atoms with Gasteiger partial charge in [0.1, 0.15) is 11.5 Å². The molecule has 10 nitrogen and oxygen atoms in total. The number of nitrogens with two attached hydrogens (primary N) is 1. The number of hydrogen-bond acceptors (Lipinski definition) is 8. The summed E-state index contributed by atoms with van der Waals surface area (Å²) in [4.78, 5) is 26.0. The van der Waals surface area contributed by atoms with E-state index in [4.69, 9.17) is 5.73 Å². The van der Waals surface area contributed by atoms with Crippen molar-refractivity contribution in [3.63, 3.8) is 0 Å². The summed E-state index contributed by atoms with van der Waals surface area (Å²) < 4.78 is 31.1. The predicted octanol–water partition coefficient (Wildman–Crippen LogP) is 2.91. The molecule has 12 heteroatoms. The highest BCUT2D eigenvalue weighted by molar-refractivity contribution is 5.97. The molecular weight excluding hydrogens is 470 g/mol. The Kier molecular flexibility index (Phi) is 6.12. The molecule has 188 valence electrons. The first-order valence-corrected chi connectivity index (χ1v) is 11.6. The Morgan fingerprint density at radius 3 is 2.67 bits per heavy atom. The molecule has 0 bridgehead atoms. The number of aryl methyl sites for hydroxylation is 1. The Bertz CT molecular complexity index is 1300. The Morgan fingerprint density at radius 2 is 2.03 bits per heavy atom. The summed E-state index contributed by atoms with van der Waals surface area (Å²) in [5, 5.41) is 17.6. The van der Waals surface area contributed by atoms with Crippen molar-refractivity contribution in [3.8, 4) is 0 Å². The number of nitrogens with one attached hydrogen (secondary N) is 1. The van der Waals surface area contributed by atoms with Gasteiger partial charge in [-0.25, -0.2) is 9.97 Å². The van der Waals surface area contributed by atoms with Crippen LogP contribution in [0.3, 0.4) is 0 Å². The second kappa shape index (κ2) is 9.26. The summed E-state index contributed by atoms with van der Waals surface area (Å²) in [7, 11) is 1.73. The topological polar surface area (TPSA) is 135 Å². The van der Waals surface area contributed by atoms with Gasteiger partial charge in [0, 0.05) is 31.8 Å². The van der Waals surface area contributed by atoms with E-state index >= 15 is 0 Å². The molecule has 0 radical (unpaired) electrons. The Labute approximate surface area is 205 Å². The second-order valence-corrected chi connectivity index (χ2v) is 9.08. The highest BCUT2D eigenvalue weighted by Gasteiger charge is 2.42. The fourth-order valence-corrected chi connectivity index (χ4v) is 4.13. The van der Waals surface area contributed by atoms with Crippen molar-refractivity contribution >= 4 is 28.9 Å². The number of hydrogen-bond donors (Lipinski definition) is 3. The Hall–Kier alpha value is -3.93. The van der Waals surface area contributed by atoms with Crippen LogP contribution in [0.4, 0.5) is 26.1 Å². The highest BCUT2D eigenvalue weighted by Crippen LogP contribution is 2.40. The number of halogens is 2. The number of carbonyl (C=O) groups excluding carboxylic acids is 1. The van der Waals surface area contributed by atoms with Gasteiger partial charge in [-0.3, -0.25) is 14.5 Å². The molecule has 1 saturated carbocycles. The van der Waals surface area contributed by atoms with Crippen LogP contribution < -0.4 is 16.0 Å². The van der Waals surface area contributed by atoms with E-state index in [2.05, 4.69) is 25.4 Å². The molecule has 4 N–H and O–H groups in total. The van der Waals surface area contributed by atoms with Crippen molar-refractivity contribution in [1.82, 2.24) is 19.7 Å². The lowest BCUT2D eigenvalue weighted by molar-refractivity contribution is 0.0600. The number of aromatic nitrogens is 4. The standard InChI is InChI=1S/C24H26F2N8O2/c1-33-12-17(10-29-33)30-22-20(21(27)35)28-11-19(32-22)34-9-8-24(25,26)18(13-34)31-23(36)16-6-4-15(5-7-16)14-2-3-14/h4-7,10-12,14,23,36H,2-3,8-9,13H2,1H3,(H2,27,35)(H,30,32). The van der Waals surface area contributed by atoms with E-state index in [0.717, 1.165) is 12.8 Å². The van der Waals surface area contributed by atoms with Gasteiger partial charge in [-0.1, -0.05) is 24.3 Å². The summed E-state index contributed by atoms with van der Waals surface area (Å²) in [5.74, 6) is -3.07. The molecule has 1 atom stereocenters. The number of alkyl halides is 2. The number of aliphatic hydroxyl groups excluding tert-OH is 1. The summed E-state index contributed by atoms with van der Waals surface area (Å²) in [5.41, 5.74) is 7.08. The fourth-order valence-electron chi connectivity index (χ4n) is 4.13. The van der Waals surface area contributed by atoms with Gasteiger partial charge in [-0.2, -0.15) is 13.9 Å². The van der Waals surface area contributed by atoms with Crippen molar-refractivity contribution in [2.45, 2.75) is 37.3 Å². The molecule has 36 heavy (non-hydrogen) atoms. The van der Waals surface area contributed by atoms with Crippen molar-refractivity contribution in [3.05, 3.63) is 59.7 Å². The number of aliphatic hydroxyl groups is 1. The maximum Gasteiger partial charge on any atom is 0.289 e. The second-order valence-electron chi connectivity index (χ2n) is 9.08. The summed E-state index contributed by atoms with van der Waals surface area (Å²) in [6.07, 6.45) is 4.88. The lowest BCUT2D eigenvalue weighted by Gasteiger charge is -2.34. The van der Waals surface area contributed by atoms with Crippen molar-refractivity contribution in [1.29, 1.82) is 0 Å². The van der Waals surface area contributed by atoms with E-state index in [1.807, 2.05) is 12.1 Å². The Morgan fingerprint density at radius 1 is 1.28 bits per heavy atom.